The highest BCUT2D eigenvalue weighted by atomic mass is 79.9. The molecule has 0 fully saturated rings. The van der Waals surface area contributed by atoms with Crippen molar-refractivity contribution in [2.45, 2.75) is 16.2 Å². The van der Waals surface area contributed by atoms with Crippen LogP contribution in [0.15, 0.2) is 52.3 Å². The van der Waals surface area contributed by atoms with Crippen LogP contribution in [-0.2, 0) is 4.74 Å². The normalized spacial score (nSPS) is 13.0. The van der Waals surface area contributed by atoms with Gasteiger partial charge in [0.25, 0.3) is 0 Å². The van der Waals surface area contributed by atoms with Crippen molar-refractivity contribution in [1.82, 2.24) is 4.90 Å². The van der Waals surface area contributed by atoms with Crippen LogP contribution in [-0.4, -0.2) is 37.0 Å². The van der Waals surface area contributed by atoms with Crippen LogP contribution < -0.4 is 0 Å². The molecule has 0 bridgehead atoms. The largest absolute Gasteiger partial charge is 0.492 e. The van der Waals surface area contributed by atoms with E-state index in [0.29, 0.717) is 6.61 Å². The highest BCUT2D eigenvalue weighted by Gasteiger charge is 2.17. The minimum atomic E-state index is 0.656. The lowest BCUT2D eigenvalue weighted by Gasteiger charge is -2.18. The Balaban J connectivity index is 1.81. The molecule has 2 aromatic carbocycles. The summed E-state index contributed by atoms with van der Waals surface area (Å²) >= 11 is 11.5. The molecular formula is C20H21BrClNOS. The van der Waals surface area contributed by atoms with E-state index in [1.807, 2.05) is 12.1 Å². The summed E-state index contributed by atoms with van der Waals surface area (Å²) in [4.78, 5) is 4.70. The van der Waals surface area contributed by atoms with Gasteiger partial charge in [-0.2, -0.15) is 0 Å². The second kappa shape index (κ2) is 9.13. The molecule has 1 aliphatic rings. The second-order valence-corrected chi connectivity index (χ2v) is 8.30. The van der Waals surface area contributed by atoms with Gasteiger partial charge in [0.15, 0.2) is 0 Å². The summed E-state index contributed by atoms with van der Waals surface area (Å²) in [6.45, 7) is 2.62. The molecule has 0 saturated heterocycles. The fourth-order valence-corrected chi connectivity index (χ4v) is 4.14. The topological polar surface area (TPSA) is 12.5 Å². The average Bonchev–Trinajstić information content (AvgIpc) is 2.76. The van der Waals surface area contributed by atoms with E-state index in [4.69, 9.17) is 16.3 Å². The highest BCUT2D eigenvalue weighted by Crippen LogP contribution is 2.41. The lowest BCUT2D eigenvalue weighted by molar-refractivity contribution is 0.215. The molecule has 1 aliphatic heterocycles. The number of ether oxygens (including phenoxy) is 1. The van der Waals surface area contributed by atoms with E-state index < -0.39 is 0 Å². The molecule has 0 aliphatic carbocycles. The van der Waals surface area contributed by atoms with E-state index in [1.54, 1.807) is 11.8 Å². The predicted octanol–water partition coefficient (Wildman–Crippen LogP) is 6.04. The van der Waals surface area contributed by atoms with Gasteiger partial charge in [-0.05, 0) is 55.9 Å². The molecule has 2 nitrogen and oxygen atoms in total. The first-order chi connectivity index (χ1) is 12.2. The van der Waals surface area contributed by atoms with Crippen LogP contribution in [0, 0.1) is 0 Å². The van der Waals surface area contributed by atoms with Crippen molar-refractivity contribution in [3.8, 4) is 0 Å². The maximum Gasteiger partial charge on any atom is 0.128 e. The van der Waals surface area contributed by atoms with Crippen molar-refractivity contribution >= 4 is 51.1 Å². The van der Waals surface area contributed by atoms with E-state index in [-0.39, 0.29) is 0 Å². The zero-order chi connectivity index (χ0) is 17.6. The third-order valence-corrected chi connectivity index (χ3v) is 6.00. The Kier molecular flexibility index (Phi) is 6.88. The number of likely N-dealkylation sites (N-methyl/N-ethyl adjacent to an activating group) is 1. The quantitative estimate of drug-likeness (QED) is 0.489. The standard InChI is InChI=1S/C20H21BrClNOS/c1-23(10-4-9-21)11-12-24-18-13-15-5-2-3-6-19(15)25-20-8-7-16(22)14-17(18)20/h2-3,5-8,13-14H,4,9-12H2,1H3. The lowest BCUT2D eigenvalue weighted by atomic mass is 10.1. The fraction of sp³-hybridized carbons (Fsp3) is 0.300. The molecule has 0 radical (unpaired) electrons. The monoisotopic (exact) mass is 437 g/mol. The van der Waals surface area contributed by atoms with Crippen LogP contribution >= 0.6 is 39.3 Å². The van der Waals surface area contributed by atoms with Crippen molar-refractivity contribution in [3.05, 3.63) is 58.6 Å². The zero-order valence-corrected chi connectivity index (χ0v) is 17.3. The number of nitrogens with zero attached hydrogens (tertiary/aromatic N) is 1. The van der Waals surface area contributed by atoms with E-state index >= 15 is 0 Å². The van der Waals surface area contributed by atoms with Gasteiger partial charge in [-0.25, -0.2) is 0 Å². The predicted molar refractivity (Wildman–Crippen MR) is 112 cm³/mol. The van der Waals surface area contributed by atoms with Gasteiger partial charge < -0.3 is 9.64 Å². The van der Waals surface area contributed by atoms with Crippen LogP contribution in [0.2, 0.25) is 5.02 Å². The summed E-state index contributed by atoms with van der Waals surface area (Å²) in [5.41, 5.74) is 2.25. The van der Waals surface area contributed by atoms with Gasteiger partial charge in [0.1, 0.15) is 12.4 Å². The third kappa shape index (κ3) is 5.04. The smallest absolute Gasteiger partial charge is 0.128 e. The van der Waals surface area contributed by atoms with Gasteiger partial charge in [-0.3, -0.25) is 0 Å². The number of benzene rings is 2. The number of alkyl halides is 1. The molecule has 1 heterocycles. The molecule has 132 valence electrons. The number of rotatable bonds is 7. The Morgan fingerprint density at radius 3 is 2.80 bits per heavy atom. The first-order valence-electron chi connectivity index (χ1n) is 8.33. The third-order valence-electron chi connectivity index (χ3n) is 4.04. The second-order valence-electron chi connectivity index (χ2n) is 5.98. The van der Waals surface area contributed by atoms with E-state index in [9.17, 15) is 0 Å². The molecule has 0 N–H and O–H groups in total. The number of fused-ring (bicyclic) bond motifs is 2. The van der Waals surface area contributed by atoms with Crippen LogP contribution in [0.25, 0.3) is 11.8 Å². The van der Waals surface area contributed by atoms with Gasteiger partial charge in [0.2, 0.25) is 0 Å². The van der Waals surface area contributed by atoms with E-state index in [0.717, 1.165) is 41.2 Å². The SMILES string of the molecule is CN(CCCBr)CCOC1=Cc2ccccc2Sc2ccc(Cl)cc21. The van der Waals surface area contributed by atoms with Crippen molar-refractivity contribution in [1.29, 1.82) is 0 Å². The van der Waals surface area contributed by atoms with Crippen LogP contribution in [0.1, 0.15) is 17.5 Å². The summed E-state index contributed by atoms with van der Waals surface area (Å²) < 4.78 is 6.19. The van der Waals surface area contributed by atoms with Crippen molar-refractivity contribution in [3.63, 3.8) is 0 Å². The molecule has 0 amide bonds. The molecule has 5 heteroatoms. The van der Waals surface area contributed by atoms with Crippen molar-refractivity contribution in [2.24, 2.45) is 0 Å². The van der Waals surface area contributed by atoms with Crippen LogP contribution in [0.4, 0.5) is 0 Å². The summed E-state index contributed by atoms with van der Waals surface area (Å²) in [5, 5.41) is 1.76. The minimum absolute atomic E-state index is 0.656. The fourth-order valence-electron chi connectivity index (χ4n) is 2.69. The number of hydrogen-bond donors (Lipinski definition) is 0. The molecule has 0 aromatic heterocycles. The molecule has 25 heavy (non-hydrogen) atoms. The molecule has 0 unspecified atom stereocenters. The Morgan fingerprint density at radius 1 is 1.12 bits per heavy atom. The Bertz CT molecular complexity index is 765. The van der Waals surface area contributed by atoms with Crippen LogP contribution in [0.5, 0.6) is 0 Å². The molecule has 2 aromatic rings. The molecule has 0 atom stereocenters. The van der Waals surface area contributed by atoms with Gasteiger partial charge in [-0.1, -0.05) is 57.5 Å². The van der Waals surface area contributed by atoms with E-state index in [1.165, 1.54) is 15.4 Å². The number of hydrogen-bond acceptors (Lipinski definition) is 3. The average molecular weight is 439 g/mol. The molecule has 0 spiro atoms. The van der Waals surface area contributed by atoms with E-state index in [2.05, 4.69) is 64.3 Å². The summed E-state index contributed by atoms with van der Waals surface area (Å²) in [5.74, 6) is 0.892. The van der Waals surface area contributed by atoms with Crippen molar-refractivity contribution < 1.29 is 4.74 Å². The van der Waals surface area contributed by atoms with Gasteiger partial charge in [0.05, 0.1) is 0 Å². The number of halogens is 2. The molecule has 3 rings (SSSR count). The van der Waals surface area contributed by atoms with Crippen LogP contribution in [0.3, 0.4) is 0 Å². The summed E-state index contributed by atoms with van der Waals surface area (Å²) in [6.07, 6.45) is 3.27. The first kappa shape index (κ1) is 18.8. The summed E-state index contributed by atoms with van der Waals surface area (Å²) in [6, 6.07) is 14.4. The molecular weight excluding hydrogens is 418 g/mol. The maximum absolute atomic E-state index is 6.24. The lowest BCUT2D eigenvalue weighted by Crippen LogP contribution is -2.24. The van der Waals surface area contributed by atoms with Gasteiger partial charge in [-0.15, -0.1) is 0 Å². The zero-order valence-electron chi connectivity index (χ0n) is 14.2. The Hall–Kier alpha value is -0.940. The highest BCUT2D eigenvalue weighted by molar-refractivity contribution is 9.09. The molecule has 0 saturated carbocycles. The summed E-state index contributed by atoms with van der Waals surface area (Å²) in [7, 11) is 2.13. The minimum Gasteiger partial charge on any atom is -0.492 e. The van der Waals surface area contributed by atoms with Gasteiger partial charge in [0, 0.05) is 32.3 Å². The van der Waals surface area contributed by atoms with Crippen molar-refractivity contribution in [2.75, 3.05) is 32.1 Å². The van der Waals surface area contributed by atoms with Gasteiger partial charge >= 0.3 is 0 Å². The first-order valence-corrected chi connectivity index (χ1v) is 10.6. The Morgan fingerprint density at radius 2 is 1.96 bits per heavy atom. The maximum atomic E-state index is 6.24. The Labute approximate surface area is 167 Å².